The first-order valence-corrected chi connectivity index (χ1v) is 9.18. The number of hydrogen-bond donors (Lipinski definition) is 2. The molecular weight excluding hydrogens is 339 g/mol. The number of Topliss-reactive ketones (excluding diaryl/α,β-unsaturated/α-hetero) is 1. The summed E-state index contributed by atoms with van der Waals surface area (Å²) in [5, 5.41) is 5.80. The van der Waals surface area contributed by atoms with Gasteiger partial charge < -0.3 is 10.6 Å². The van der Waals surface area contributed by atoms with Crippen LogP contribution in [0.1, 0.15) is 44.1 Å². The Balaban J connectivity index is 1.61. The highest BCUT2D eigenvalue weighted by Crippen LogP contribution is 2.25. The lowest BCUT2D eigenvalue weighted by Gasteiger charge is -2.19. The molecule has 1 aromatic heterocycles. The van der Waals surface area contributed by atoms with E-state index >= 15 is 0 Å². The van der Waals surface area contributed by atoms with Crippen LogP contribution in [-0.4, -0.2) is 18.2 Å². The van der Waals surface area contributed by atoms with E-state index in [1.54, 1.807) is 17.4 Å². The molecule has 0 radical (unpaired) electrons. The van der Waals surface area contributed by atoms with E-state index in [-0.39, 0.29) is 36.0 Å². The number of anilines is 1. The first kappa shape index (κ1) is 17.8. The monoisotopic (exact) mass is 360 g/mol. The Morgan fingerprint density at radius 3 is 2.80 bits per heavy atom. The number of amides is 1. The summed E-state index contributed by atoms with van der Waals surface area (Å²) in [7, 11) is 0. The van der Waals surface area contributed by atoms with E-state index in [0.717, 1.165) is 21.9 Å². The molecule has 25 heavy (non-hydrogen) atoms. The maximum atomic E-state index is 14.5. The maximum Gasteiger partial charge on any atom is 0.224 e. The topological polar surface area (TPSA) is 58.2 Å². The summed E-state index contributed by atoms with van der Waals surface area (Å²) >= 11 is 1.57. The van der Waals surface area contributed by atoms with Gasteiger partial charge in [-0.1, -0.05) is 6.07 Å². The van der Waals surface area contributed by atoms with Crippen molar-refractivity contribution in [3.8, 4) is 0 Å². The van der Waals surface area contributed by atoms with Crippen molar-refractivity contribution in [1.29, 1.82) is 0 Å². The summed E-state index contributed by atoms with van der Waals surface area (Å²) in [6.07, 6.45) is 0.782. The van der Waals surface area contributed by atoms with E-state index in [9.17, 15) is 14.0 Å². The van der Waals surface area contributed by atoms with Crippen molar-refractivity contribution >= 4 is 28.7 Å². The number of halogens is 1. The predicted octanol–water partition coefficient (Wildman–Crippen LogP) is 3.75. The first-order valence-electron chi connectivity index (χ1n) is 8.36. The van der Waals surface area contributed by atoms with Gasteiger partial charge in [0.15, 0.2) is 5.78 Å². The molecule has 132 valence electrons. The quantitative estimate of drug-likeness (QED) is 0.799. The summed E-state index contributed by atoms with van der Waals surface area (Å²) in [6, 6.07) is 5.29. The second-order valence-corrected chi connectivity index (χ2v) is 7.75. The van der Waals surface area contributed by atoms with Gasteiger partial charge in [-0.2, -0.15) is 0 Å². The van der Waals surface area contributed by atoms with Gasteiger partial charge in [0, 0.05) is 34.7 Å². The highest BCUT2D eigenvalue weighted by atomic mass is 32.1. The molecule has 0 aliphatic carbocycles. The van der Waals surface area contributed by atoms with Gasteiger partial charge in [0.05, 0.1) is 5.69 Å². The Morgan fingerprint density at radius 1 is 1.28 bits per heavy atom. The van der Waals surface area contributed by atoms with E-state index in [0.29, 0.717) is 24.1 Å². The van der Waals surface area contributed by atoms with Gasteiger partial charge in [0.1, 0.15) is 5.82 Å². The number of carbonyl (C=O) groups is 2. The van der Waals surface area contributed by atoms with Gasteiger partial charge in [0.2, 0.25) is 5.91 Å². The minimum Gasteiger partial charge on any atom is -0.324 e. The molecule has 1 amide bonds. The van der Waals surface area contributed by atoms with Crippen LogP contribution in [0.4, 0.5) is 10.1 Å². The van der Waals surface area contributed by atoms with Crippen molar-refractivity contribution in [3.05, 3.63) is 50.5 Å². The molecule has 2 N–H and O–H groups in total. The normalized spacial score (nSPS) is 13.4. The van der Waals surface area contributed by atoms with Gasteiger partial charge in [-0.15, -0.1) is 11.3 Å². The molecule has 0 saturated carbocycles. The maximum absolute atomic E-state index is 14.5. The fourth-order valence-electron chi connectivity index (χ4n) is 3.11. The molecule has 2 heterocycles. The molecule has 3 rings (SSSR count). The van der Waals surface area contributed by atoms with Gasteiger partial charge in [-0.3, -0.25) is 9.59 Å². The zero-order valence-electron chi connectivity index (χ0n) is 14.4. The smallest absolute Gasteiger partial charge is 0.224 e. The number of carbonyl (C=O) groups excluding carboxylic acids is 2. The third-order valence-corrected chi connectivity index (χ3v) is 5.37. The van der Waals surface area contributed by atoms with Crippen molar-refractivity contribution < 1.29 is 14.0 Å². The average molecular weight is 360 g/mol. The molecule has 0 bridgehead atoms. The number of hydrogen-bond acceptors (Lipinski definition) is 4. The van der Waals surface area contributed by atoms with E-state index < -0.39 is 0 Å². The predicted molar refractivity (Wildman–Crippen MR) is 97.8 cm³/mol. The first-order chi connectivity index (χ1) is 12.0. The number of aryl methyl sites for hydroxylation is 2. The molecular formula is C19H21FN2O2S. The number of thiophene rings is 1. The fraction of sp³-hybridized carbons (Fsp3) is 0.368. The Morgan fingerprint density at radius 2 is 2.08 bits per heavy atom. The zero-order chi connectivity index (χ0) is 18.0. The largest absolute Gasteiger partial charge is 0.324 e. The van der Waals surface area contributed by atoms with E-state index in [1.165, 1.54) is 0 Å². The second kappa shape index (κ2) is 7.45. The van der Waals surface area contributed by atoms with Crippen LogP contribution in [0.2, 0.25) is 0 Å². The van der Waals surface area contributed by atoms with Crippen LogP contribution in [0.5, 0.6) is 0 Å². The zero-order valence-corrected chi connectivity index (χ0v) is 15.2. The highest BCUT2D eigenvalue weighted by Gasteiger charge is 2.18. The van der Waals surface area contributed by atoms with Crippen molar-refractivity contribution in [2.75, 3.05) is 11.9 Å². The van der Waals surface area contributed by atoms with Gasteiger partial charge in [0.25, 0.3) is 0 Å². The van der Waals surface area contributed by atoms with Crippen molar-refractivity contribution in [1.82, 2.24) is 5.32 Å². The summed E-state index contributed by atoms with van der Waals surface area (Å²) in [4.78, 5) is 26.4. The summed E-state index contributed by atoms with van der Waals surface area (Å²) in [5.74, 6) is -0.747. The number of fused-ring (bicyclic) bond motifs is 1. The number of benzene rings is 1. The molecule has 2 aromatic rings. The lowest BCUT2D eigenvalue weighted by molar-refractivity contribution is -0.116. The van der Waals surface area contributed by atoms with Crippen molar-refractivity contribution in [2.45, 2.75) is 39.7 Å². The molecule has 4 nitrogen and oxygen atoms in total. The molecule has 1 aliphatic rings. The van der Waals surface area contributed by atoms with Crippen LogP contribution in [-0.2, 0) is 17.8 Å². The standard InChI is InChI=1S/C19H21FN2O2S/c1-11-9-15(12(2)25-11)17(23)5-6-18(24)22-16-4-3-13-10-21-8-7-14(13)19(16)20/h3-4,9,21H,5-8,10H2,1-2H3,(H,22,24). The average Bonchev–Trinajstić information content (AvgIpc) is 2.94. The SMILES string of the molecule is Cc1cc(C(=O)CCC(=O)Nc2ccc3c(c2F)CCNC3)c(C)s1. The minimum atomic E-state index is -0.358. The summed E-state index contributed by atoms with van der Waals surface area (Å²) in [6.45, 7) is 5.24. The van der Waals surface area contributed by atoms with Crippen LogP contribution < -0.4 is 10.6 Å². The third-order valence-electron chi connectivity index (χ3n) is 4.40. The molecule has 0 atom stereocenters. The Hall–Kier alpha value is -2.05. The molecule has 0 saturated heterocycles. The Bertz CT molecular complexity index is 829. The lowest BCUT2D eigenvalue weighted by Crippen LogP contribution is -2.25. The van der Waals surface area contributed by atoms with Crippen LogP contribution in [0.3, 0.4) is 0 Å². The lowest BCUT2D eigenvalue weighted by atomic mass is 9.99. The summed E-state index contributed by atoms with van der Waals surface area (Å²) < 4.78 is 14.5. The molecule has 6 heteroatoms. The van der Waals surface area contributed by atoms with E-state index in [2.05, 4.69) is 10.6 Å². The number of rotatable bonds is 5. The van der Waals surface area contributed by atoms with Crippen molar-refractivity contribution in [2.24, 2.45) is 0 Å². The third kappa shape index (κ3) is 3.96. The highest BCUT2D eigenvalue weighted by molar-refractivity contribution is 7.12. The minimum absolute atomic E-state index is 0.0469. The van der Waals surface area contributed by atoms with Gasteiger partial charge in [-0.25, -0.2) is 4.39 Å². The Kier molecular flexibility index (Phi) is 5.30. The fourth-order valence-corrected chi connectivity index (χ4v) is 4.05. The van der Waals surface area contributed by atoms with E-state index in [1.807, 2.05) is 26.0 Å². The molecule has 0 spiro atoms. The Labute approximate surface area is 150 Å². The number of ketones is 1. The molecule has 0 fully saturated rings. The second-order valence-electron chi connectivity index (χ2n) is 6.29. The van der Waals surface area contributed by atoms with Crippen LogP contribution in [0.15, 0.2) is 18.2 Å². The molecule has 1 aliphatic heterocycles. The molecule has 1 aromatic carbocycles. The van der Waals surface area contributed by atoms with E-state index in [4.69, 9.17) is 0 Å². The van der Waals surface area contributed by atoms with Gasteiger partial charge in [-0.05, 0) is 50.1 Å². The van der Waals surface area contributed by atoms with Crippen LogP contribution in [0.25, 0.3) is 0 Å². The van der Waals surface area contributed by atoms with Gasteiger partial charge >= 0.3 is 0 Å². The molecule has 0 unspecified atom stereocenters. The van der Waals surface area contributed by atoms with Crippen molar-refractivity contribution in [3.63, 3.8) is 0 Å². The van der Waals surface area contributed by atoms with Crippen LogP contribution >= 0.6 is 11.3 Å². The van der Waals surface area contributed by atoms with Crippen LogP contribution in [0, 0.1) is 19.7 Å². The summed E-state index contributed by atoms with van der Waals surface area (Å²) in [5.41, 5.74) is 2.47. The number of nitrogens with one attached hydrogen (secondary N) is 2.